The van der Waals surface area contributed by atoms with Crippen LogP contribution in [0.25, 0.3) is 0 Å². The Morgan fingerprint density at radius 2 is 1.93 bits per heavy atom. The van der Waals surface area contributed by atoms with Crippen molar-refractivity contribution in [3.63, 3.8) is 0 Å². The molecule has 2 aromatic carbocycles. The average molecular weight is 384 g/mol. The first-order valence-electron chi connectivity index (χ1n) is 9.21. The summed E-state index contributed by atoms with van der Waals surface area (Å²) in [5.74, 6) is 0.597. The Hall–Kier alpha value is -3.06. The smallest absolute Gasteiger partial charge is 0.259 e. The molecule has 0 aliphatic carbocycles. The second-order valence-electron chi connectivity index (χ2n) is 6.41. The number of anilines is 1. The van der Waals surface area contributed by atoms with Gasteiger partial charge in [-0.05, 0) is 49.2 Å². The molecule has 0 radical (unpaired) electrons. The van der Waals surface area contributed by atoms with Gasteiger partial charge in [0.15, 0.2) is 6.61 Å². The number of nitrogens with one attached hydrogen (secondary N) is 2. The first-order chi connectivity index (χ1) is 13.7. The normalized spacial score (nSPS) is 15.7. The van der Waals surface area contributed by atoms with Gasteiger partial charge in [0.1, 0.15) is 11.5 Å². The molecule has 1 heterocycles. The Kier molecular flexibility index (Phi) is 6.86. The zero-order valence-corrected chi connectivity index (χ0v) is 15.8. The van der Waals surface area contributed by atoms with Crippen molar-refractivity contribution < 1.29 is 23.8 Å². The number of rotatable bonds is 8. The molecule has 3 rings (SSSR count). The Labute approximate surface area is 164 Å². The largest absolute Gasteiger partial charge is 0.496 e. The molecule has 1 atom stereocenters. The molecular formula is C21H24N2O5. The highest BCUT2D eigenvalue weighted by Gasteiger charge is 2.16. The van der Waals surface area contributed by atoms with E-state index >= 15 is 0 Å². The van der Waals surface area contributed by atoms with Crippen LogP contribution in [0.3, 0.4) is 0 Å². The molecule has 1 aliphatic heterocycles. The van der Waals surface area contributed by atoms with E-state index in [9.17, 15) is 9.59 Å². The van der Waals surface area contributed by atoms with Crippen molar-refractivity contribution >= 4 is 17.5 Å². The quantitative estimate of drug-likeness (QED) is 0.731. The predicted octanol–water partition coefficient (Wildman–Crippen LogP) is 2.62. The van der Waals surface area contributed by atoms with Crippen molar-refractivity contribution in [1.29, 1.82) is 0 Å². The van der Waals surface area contributed by atoms with Crippen molar-refractivity contribution in [2.24, 2.45) is 0 Å². The van der Waals surface area contributed by atoms with Crippen molar-refractivity contribution in [3.05, 3.63) is 54.1 Å². The molecule has 1 saturated heterocycles. The molecule has 0 aromatic heterocycles. The molecule has 0 bridgehead atoms. The Bertz CT molecular complexity index is 801. The summed E-state index contributed by atoms with van der Waals surface area (Å²) in [6, 6.07) is 13.8. The van der Waals surface area contributed by atoms with Crippen LogP contribution in [-0.2, 0) is 9.53 Å². The molecule has 0 spiro atoms. The minimum absolute atomic E-state index is 0.0698. The zero-order chi connectivity index (χ0) is 19.8. The maximum atomic E-state index is 12.4. The van der Waals surface area contributed by atoms with Gasteiger partial charge in [-0.25, -0.2) is 0 Å². The van der Waals surface area contributed by atoms with Crippen molar-refractivity contribution in [2.75, 3.05) is 32.2 Å². The molecule has 28 heavy (non-hydrogen) atoms. The third kappa shape index (κ3) is 5.47. The molecule has 1 aliphatic rings. The summed E-state index contributed by atoms with van der Waals surface area (Å²) in [6.45, 7) is 1.20. The van der Waals surface area contributed by atoms with Gasteiger partial charge < -0.3 is 24.8 Å². The first-order valence-corrected chi connectivity index (χ1v) is 9.21. The van der Waals surface area contributed by atoms with E-state index in [1.807, 2.05) is 0 Å². The standard InChI is InChI=1S/C21H24N2O5/c1-26-19-7-3-2-6-18(19)21(25)23-15-8-10-16(11-9-15)28-14-20(24)22-13-17-5-4-12-27-17/h2-3,6-11,17H,4-5,12-14H2,1H3,(H,22,24)(H,23,25)/t17-/m0/s1. The third-order valence-corrected chi connectivity index (χ3v) is 4.38. The highest BCUT2D eigenvalue weighted by atomic mass is 16.5. The summed E-state index contributed by atoms with van der Waals surface area (Å²) < 4.78 is 16.1. The maximum absolute atomic E-state index is 12.4. The van der Waals surface area contributed by atoms with Crippen LogP contribution in [-0.4, -0.2) is 44.8 Å². The van der Waals surface area contributed by atoms with Crippen LogP contribution in [0.4, 0.5) is 5.69 Å². The average Bonchev–Trinajstić information content (AvgIpc) is 3.25. The number of carbonyl (C=O) groups excluding carboxylic acids is 2. The van der Waals surface area contributed by atoms with Gasteiger partial charge in [0.25, 0.3) is 11.8 Å². The molecule has 0 saturated carbocycles. The molecule has 2 aromatic rings. The SMILES string of the molecule is COc1ccccc1C(=O)Nc1ccc(OCC(=O)NC[C@@H]2CCCO2)cc1. The Morgan fingerprint density at radius 3 is 2.64 bits per heavy atom. The lowest BCUT2D eigenvalue weighted by Crippen LogP contribution is -2.35. The summed E-state index contributed by atoms with van der Waals surface area (Å²) in [5, 5.41) is 5.61. The number of hydrogen-bond donors (Lipinski definition) is 2. The van der Waals surface area contributed by atoms with E-state index < -0.39 is 0 Å². The third-order valence-electron chi connectivity index (χ3n) is 4.38. The number of amides is 2. The van der Waals surface area contributed by atoms with Gasteiger partial charge in [0.2, 0.25) is 0 Å². The molecule has 1 fully saturated rings. The number of para-hydroxylation sites is 1. The minimum atomic E-state index is -0.264. The predicted molar refractivity (Wildman–Crippen MR) is 105 cm³/mol. The van der Waals surface area contributed by atoms with E-state index in [2.05, 4.69) is 10.6 Å². The van der Waals surface area contributed by atoms with E-state index in [0.717, 1.165) is 19.4 Å². The van der Waals surface area contributed by atoms with Gasteiger partial charge in [-0.3, -0.25) is 9.59 Å². The molecule has 7 heteroatoms. The Morgan fingerprint density at radius 1 is 1.14 bits per heavy atom. The second kappa shape index (κ2) is 9.75. The summed E-state index contributed by atoms with van der Waals surface area (Å²) in [5.41, 5.74) is 1.07. The van der Waals surface area contributed by atoms with E-state index in [4.69, 9.17) is 14.2 Å². The van der Waals surface area contributed by atoms with E-state index in [0.29, 0.717) is 29.3 Å². The van der Waals surface area contributed by atoms with Crippen molar-refractivity contribution in [1.82, 2.24) is 5.32 Å². The van der Waals surface area contributed by atoms with Gasteiger partial charge in [0.05, 0.1) is 18.8 Å². The molecule has 2 N–H and O–H groups in total. The van der Waals surface area contributed by atoms with Gasteiger partial charge in [-0.1, -0.05) is 12.1 Å². The first kappa shape index (κ1) is 19.7. The van der Waals surface area contributed by atoms with E-state index in [-0.39, 0.29) is 24.5 Å². The highest BCUT2D eigenvalue weighted by Crippen LogP contribution is 2.20. The number of benzene rings is 2. The van der Waals surface area contributed by atoms with Crippen molar-refractivity contribution in [3.8, 4) is 11.5 Å². The lowest BCUT2D eigenvalue weighted by atomic mass is 10.2. The molecule has 0 unspecified atom stereocenters. The van der Waals surface area contributed by atoms with Crippen LogP contribution in [0.2, 0.25) is 0 Å². The molecule has 7 nitrogen and oxygen atoms in total. The fraction of sp³-hybridized carbons (Fsp3) is 0.333. The molecule has 148 valence electrons. The van der Waals surface area contributed by atoms with Gasteiger partial charge in [-0.15, -0.1) is 0 Å². The number of ether oxygens (including phenoxy) is 3. The van der Waals surface area contributed by atoms with Crippen LogP contribution >= 0.6 is 0 Å². The summed E-state index contributed by atoms with van der Waals surface area (Å²) in [6.07, 6.45) is 2.12. The Balaban J connectivity index is 1.46. The highest BCUT2D eigenvalue weighted by molar-refractivity contribution is 6.06. The monoisotopic (exact) mass is 384 g/mol. The number of methoxy groups -OCH3 is 1. The van der Waals surface area contributed by atoms with E-state index in [1.165, 1.54) is 7.11 Å². The van der Waals surface area contributed by atoms with E-state index in [1.54, 1.807) is 48.5 Å². The summed E-state index contributed by atoms with van der Waals surface area (Å²) in [4.78, 5) is 24.2. The summed E-state index contributed by atoms with van der Waals surface area (Å²) >= 11 is 0. The minimum Gasteiger partial charge on any atom is -0.496 e. The van der Waals surface area contributed by atoms with Gasteiger partial charge in [-0.2, -0.15) is 0 Å². The van der Waals surface area contributed by atoms with Crippen LogP contribution in [0, 0.1) is 0 Å². The van der Waals surface area contributed by atoms with Gasteiger partial charge in [0, 0.05) is 18.8 Å². The second-order valence-corrected chi connectivity index (χ2v) is 6.41. The summed E-state index contributed by atoms with van der Waals surface area (Å²) in [7, 11) is 1.52. The molecular weight excluding hydrogens is 360 g/mol. The number of carbonyl (C=O) groups is 2. The van der Waals surface area contributed by atoms with Crippen LogP contribution < -0.4 is 20.1 Å². The van der Waals surface area contributed by atoms with Crippen molar-refractivity contribution in [2.45, 2.75) is 18.9 Å². The van der Waals surface area contributed by atoms with Gasteiger partial charge >= 0.3 is 0 Å². The lowest BCUT2D eigenvalue weighted by Gasteiger charge is -2.12. The topological polar surface area (TPSA) is 85.9 Å². The zero-order valence-electron chi connectivity index (χ0n) is 15.8. The maximum Gasteiger partial charge on any atom is 0.259 e. The van der Waals surface area contributed by atoms with Crippen LogP contribution in [0.1, 0.15) is 23.2 Å². The van der Waals surface area contributed by atoms with Crippen LogP contribution in [0.5, 0.6) is 11.5 Å². The van der Waals surface area contributed by atoms with Crippen LogP contribution in [0.15, 0.2) is 48.5 Å². The lowest BCUT2D eigenvalue weighted by molar-refractivity contribution is -0.123. The fourth-order valence-electron chi connectivity index (χ4n) is 2.90. The molecule has 2 amide bonds. The fourth-order valence-corrected chi connectivity index (χ4v) is 2.90. The number of hydrogen-bond acceptors (Lipinski definition) is 5.